The lowest BCUT2D eigenvalue weighted by Crippen LogP contribution is -2.29. The molecule has 1 heterocycles. The van der Waals surface area contributed by atoms with Gasteiger partial charge in [-0.05, 0) is 49.2 Å². The predicted octanol–water partition coefficient (Wildman–Crippen LogP) is 6.58. The normalized spacial score (nSPS) is 11.3. The number of nitrogens with zero attached hydrogens (tertiary/aromatic N) is 2. The molecule has 0 fully saturated rings. The van der Waals surface area contributed by atoms with Crippen LogP contribution in [0.3, 0.4) is 0 Å². The molecular weight excluding hydrogens is 323 g/mol. The summed E-state index contributed by atoms with van der Waals surface area (Å²) in [6, 6.07) is 26.2. The zero-order chi connectivity index (χ0) is 18.4. The van der Waals surface area contributed by atoms with Gasteiger partial charge in [-0.2, -0.15) is 0 Å². The second-order valence-corrected chi connectivity index (χ2v) is 6.51. The SMILES string of the molecule is CCC(CC)(CF)c1cccc(N(c2ccccc2)c2ccccc2)n1. The second kappa shape index (κ2) is 8.13. The van der Waals surface area contributed by atoms with Crippen molar-refractivity contribution in [2.75, 3.05) is 11.6 Å². The van der Waals surface area contributed by atoms with Crippen LogP contribution in [0.4, 0.5) is 21.6 Å². The highest BCUT2D eigenvalue weighted by Crippen LogP contribution is 2.36. The molecule has 3 heteroatoms. The van der Waals surface area contributed by atoms with E-state index in [2.05, 4.69) is 29.2 Å². The third-order valence-corrected chi connectivity index (χ3v) is 5.14. The fourth-order valence-corrected chi connectivity index (χ4v) is 3.28. The van der Waals surface area contributed by atoms with Gasteiger partial charge in [0.05, 0.1) is 5.69 Å². The van der Waals surface area contributed by atoms with Gasteiger partial charge >= 0.3 is 0 Å². The Bertz CT molecular complexity index is 766. The highest BCUT2D eigenvalue weighted by molar-refractivity contribution is 5.74. The van der Waals surface area contributed by atoms with Gasteiger partial charge < -0.3 is 0 Å². The zero-order valence-electron chi connectivity index (χ0n) is 15.4. The summed E-state index contributed by atoms with van der Waals surface area (Å²) in [5, 5.41) is 0. The molecule has 0 radical (unpaired) electrons. The van der Waals surface area contributed by atoms with Gasteiger partial charge in [0.1, 0.15) is 12.5 Å². The molecule has 0 N–H and O–H groups in total. The van der Waals surface area contributed by atoms with Gasteiger partial charge in [-0.3, -0.25) is 9.29 Å². The minimum Gasteiger partial charge on any atom is -0.295 e. The first-order chi connectivity index (χ1) is 12.7. The van der Waals surface area contributed by atoms with Crippen molar-refractivity contribution in [2.45, 2.75) is 32.1 Å². The maximum Gasteiger partial charge on any atom is 0.137 e. The van der Waals surface area contributed by atoms with Gasteiger partial charge in [0.25, 0.3) is 0 Å². The highest BCUT2D eigenvalue weighted by atomic mass is 19.1. The van der Waals surface area contributed by atoms with E-state index in [-0.39, 0.29) is 0 Å². The molecule has 26 heavy (non-hydrogen) atoms. The van der Waals surface area contributed by atoms with Crippen LogP contribution >= 0.6 is 0 Å². The van der Waals surface area contributed by atoms with Gasteiger partial charge in [0.15, 0.2) is 0 Å². The number of rotatable bonds is 7. The number of alkyl halides is 1. The van der Waals surface area contributed by atoms with Crippen LogP contribution in [0.15, 0.2) is 78.9 Å². The fraction of sp³-hybridized carbons (Fsp3) is 0.261. The molecule has 3 aromatic rings. The summed E-state index contributed by atoms with van der Waals surface area (Å²) in [5.41, 5.74) is 2.36. The van der Waals surface area contributed by atoms with Crippen molar-refractivity contribution in [3.63, 3.8) is 0 Å². The molecule has 0 amide bonds. The maximum atomic E-state index is 13.9. The number of benzene rings is 2. The van der Waals surface area contributed by atoms with E-state index in [1.807, 2.05) is 68.4 Å². The van der Waals surface area contributed by atoms with Crippen molar-refractivity contribution in [3.05, 3.63) is 84.6 Å². The quantitative estimate of drug-likeness (QED) is 0.479. The third kappa shape index (κ3) is 3.48. The van der Waals surface area contributed by atoms with Gasteiger partial charge in [0, 0.05) is 16.8 Å². The lowest BCUT2D eigenvalue weighted by molar-refractivity contribution is 0.279. The summed E-state index contributed by atoms with van der Waals surface area (Å²) < 4.78 is 13.9. The van der Waals surface area contributed by atoms with Crippen molar-refractivity contribution >= 4 is 17.2 Å². The van der Waals surface area contributed by atoms with Crippen molar-refractivity contribution in [1.29, 1.82) is 0 Å². The van der Waals surface area contributed by atoms with Crippen LogP contribution in [0.5, 0.6) is 0 Å². The Kier molecular flexibility index (Phi) is 5.67. The molecule has 0 aliphatic carbocycles. The molecule has 0 atom stereocenters. The summed E-state index contributed by atoms with van der Waals surface area (Å²) >= 11 is 0. The molecule has 0 aliphatic heterocycles. The van der Waals surface area contributed by atoms with Crippen LogP contribution in [0.25, 0.3) is 0 Å². The van der Waals surface area contributed by atoms with Crippen LogP contribution in [-0.4, -0.2) is 11.7 Å². The number of pyridine rings is 1. The topological polar surface area (TPSA) is 16.1 Å². The average molecular weight is 348 g/mol. The number of aromatic nitrogens is 1. The lowest BCUT2D eigenvalue weighted by atomic mass is 9.80. The molecule has 2 nitrogen and oxygen atoms in total. The molecular formula is C23H25FN2. The molecule has 0 bridgehead atoms. The van der Waals surface area contributed by atoms with Crippen molar-refractivity contribution in [3.8, 4) is 0 Å². The van der Waals surface area contributed by atoms with Gasteiger partial charge in [-0.1, -0.05) is 56.3 Å². The smallest absolute Gasteiger partial charge is 0.137 e. The summed E-state index contributed by atoms with van der Waals surface area (Å²) in [7, 11) is 0. The molecule has 0 saturated heterocycles. The Labute approximate surface area is 155 Å². The van der Waals surface area contributed by atoms with Crippen molar-refractivity contribution < 1.29 is 4.39 Å². The minimum atomic E-state index is -0.519. The Balaban J connectivity index is 2.13. The van der Waals surface area contributed by atoms with E-state index < -0.39 is 12.1 Å². The molecule has 134 valence electrons. The van der Waals surface area contributed by atoms with E-state index >= 15 is 0 Å². The summed E-state index contributed by atoms with van der Waals surface area (Å²) in [6.07, 6.45) is 1.46. The molecule has 2 aromatic carbocycles. The summed E-state index contributed by atoms with van der Waals surface area (Å²) in [6.45, 7) is 3.67. The van der Waals surface area contributed by atoms with Crippen molar-refractivity contribution in [2.24, 2.45) is 0 Å². The van der Waals surface area contributed by atoms with Gasteiger partial charge in [-0.25, -0.2) is 4.98 Å². The largest absolute Gasteiger partial charge is 0.295 e. The average Bonchev–Trinajstić information content (AvgIpc) is 2.72. The van der Waals surface area contributed by atoms with Gasteiger partial charge in [-0.15, -0.1) is 0 Å². The van der Waals surface area contributed by atoms with Crippen LogP contribution in [-0.2, 0) is 5.41 Å². The van der Waals surface area contributed by atoms with Crippen LogP contribution < -0.4 is 4.90 Å². The number of anilines is 3. The Morgan fingerprint density at radius 1 is 0.769 bits per heavy atom. The molecule has 1 aromatic heterocycles. The van der Waals surface area contributed by atoms with Gasteiger partial charge in [0.2, 0.25) is 0 Å². The first-order valence-corrected chi connectivity index (χ1v) is 9.18. The maximum absolute atomic E-state index is 13.9. The lowest BCUT2D eigenvalue weighted by Gasteiger charge is -2.30. The van der Waals surface area contributed by atoms with E-state index in [9.17, 15) is 4.39 Å². The number of hydrogen-bond donors (Lipinski definition) is 0. The zero-order valence-corrected chi connectivity index (χ0v) is 15.4. The molecule has 0 saturated carbocycles. The van der Waals surface area contributed by atoms with E-state index in [0.29, 0.717) is 0 Å². The Morgan fingerprint density at radius 3 is 1.77 bits per heavy atom. The Morgan fingerprint density at radius 2 is 1.31 bits per heavy atom. The predicted molar refractivity (Wildman–Crippen MR) is 107 cm³/mol. The first kappa shape index (κ1) is 18.1. The van der Waals surface area contributed by atoms with E-state index in [0.717, 1.165) is 35.7 Å². The molecule has 0 unspecified atom stereocenters. The minimum absolute atomic E-state index is 0.396. The van der Waals surface area contributed by atoms with E-state index in [1.54, 1.807) is 0 Å². The molecule has 0 aliphatic rings. The van der Waals surface area contributed by atoms with E-state index in [1.165, 1.54) is 0 Å². The third-order valence-electron chi connectivity index (χ3n) is 5.14. The monoisotopic (exact) mass is 348 g/mol. The van der Waals surface area contributed by atoms with E-state index in [4.69, 9.17) is 4.98 Å². The Hall–Kier alpha value is -2.68. The van der Waals surface area contributed by atoms with Crippen molar-refractivity contribution in [1.82, 2.24) is 4.98 Å². The number of halogens is 1. The number of hydrogen-bond acceptors (Lipinski definition) is 2. The summed E-state index contributed by atoms with van der Waals surface area (Å²) in [5.74, 6) is 0.805. The number of para-hydroxylation sites is 2. The highest BCUT2D eigenvalue weighted by Gasteiger charge is 2.30. The molecule has 3 rings (SSSR count). The van der Waals surface area contributed by atoms with Crippen LogP contribution in [0.1, 0.15) is 32.4 Å². The summed E-state index contributed by atoms with van der Waals surface area (Å²) in [4.78, 5) is 7.01. The fourth-order valence-electron chi connectivity index (χ4n) is 3.28. The second-order valence-electron chi connectivity index (χ2n) is 6.51. The van der Waals surface area contributed by atoms with Crippen LogP contribution in [0, 0.1) is 0 Å². The standard InChI is InChI=1S/C23H25FN2/c1-3-23(4-2,18-24)21-16-11-17-22(25-21)26(19-12-7-5-8-13-19)20-14-9-6-10-15-20/h5-17H,3-4,18H2,1-2H3. The molecule has 0 spiro atoms. The first-order valence-electron chi connectivity index (χ1n) is 9.18. The van der Waals surface area contributed by atoms with Crippen LogP contribution in [0.2, 0.25) is 0 Å².